The molecule has 0 amide bonds. The molecule has 1 aromatic rings. The van der Waals surface area contributed by atoms with Crippen LogP contribution in [0, 0.1) is 0 Å². The van der Waals surface area contributed by atoms with Gasteiger partial charge in [0.2, 0.25) is 0 Å². The van der Waals surface area contributed by atoms with Crippen LogP contribution in [0.1, 0.15) is 19.4 Å². The minimum Gasteiger partial charge on any atom is -0.380 e. The van der Waals surface area contributed by atoms with Crippen molar-refractivity contribution in [2.24, 2.45) is 0 Å². The highest BCUT2D eigenvalue weighted by atomic mass is 35.5. The Kier molecular flexibility index (Phi) is 8.54. The Bertz CT molecular complexity index is 340. The fraction of sp³-hybridized carbons (Fsp3) is 0.643. The van der Waals surface area contributed by atoms with Crippen LogP contribution >= 0.6 is 11.6 Å². The normalized spacial score (nSPS) is 10.7. The van der Waals surface area contributed by atoms with E-state index in [0.717, 1.165) is 37.7 Å². The molecule has 5 heteroatoms. The average molecular weight is 287 g/mol. The summed E-state index contributed by atoms with van der Waals surface area (Å²) in [6, 6.07) is 3.91. The molecule has 0 saturated carbocycles. The van der Waals surface area contributed by atoms with Gasteiger partial charge < -0.3 is 14.4 Å². The van der Waals surface area contributed by atoms with Crippen molar-refractivity contribution in [3.63, 3.8) is 0 Å². The van der Waals surface area contributed by atoms with Crippen LogP contribution in [0.15, 0.2) is 18.3 Å². The lowest BCUT2D eigenvalue weighted by Crippen LogP contribution is -2.32. The third-order valence-electron chi connectivity index (χ3n) is 2.73. The molecule has 19 heavy (non-hydrogen) atoms. The van der Waals surface area contributed by atoms with Crippen molar-refractivity contribution in [1.29, 1.82) is 0 Å². The topological polar surface area (TPSA) is 34.6 Å². The Labute approximate surface area is 120 Å². The van der Waals surface area contributed by atoms with Gasteiger partial charge in [-0.1, -0.05) is 6.07 Å². The van der Waals surface area contributed by atoms with Crippen LogP contribution in [0.4, 0.5) is 5.82 Å². The molecule has 0 aliphatic rings. The number of nitrogens with zero attached hydrogens (tertiary/aromatic N) is 2. The molecule has 0 fully saturated rings. The van der Waals surface area contributed by atoms with Crippen molar-refractivity contribution in [2.75, 3.05) is 44.4 Å². The third-order valence-corrected chi connectivity index (χ3v) is 3.02. The summed E-state index contributed by atoms with van der Waals surface area (Å²) in [6.45, 7) is 8.39. The number of ether oxygens (including phenoxy) is 2. The van der Waals surface area contributed by atoms with Crippen molar-refractivity contribution in [3.05, 3.63) is 23.9 Å². The molecule has 0 atom stereocenters. The van der Waals surface area contributed by atoms with E-state index in [1.165, 1.54) is 0 Å². The summed E-state index contributed by atoms with van der Waals surface area (Å²) in [6.07, 6.45) is 1.79. The maximum Gasteiger partial charge on any atom is 0.133 e. The maximum atomic E-state index is 5.97. The highest BCUT2D eigenvalue weighted by molar-refractivity contribution is 6.17. The van der Waals surface area contributed by atoms with Crippen LogP contribution in [-0.2, 0) is 15.4 Å². The first-order chi connectivity index (χ1) is 9.33. The molecule has 1 heterocycles. The zero-order valence-electron chi connectivity index (χ0n) is 11.8. The van der Waals surface area contributed by atoms with Crippen LogP contribution in [0.25, 0.3) is 0 Å². The zero-order chi connectivity index (χ0) is 13.9. The van der Waals surface area contributed by atoms with Crippen molar-refractivity contribution in [3.8, 4) is 0 Å². The Morgan fingerprint density at radius 1 is 1.16 bits per heavy atom. The molecule has 1 aromatic heterocycles. The van der Waals surface area contributed by atoms with Gasteiger partial charge in [0.25, 0.3) is 0 Å². The molecule has 0 aliphatic heterocycles. The van der Waals surface area contributed by atoms with E-state index in [4.69, 9.17) is 21.1 Å². The molecule has 1 rings (SSSR count). The fourth-order valence-electron chi connectivity index (χ4n) is 1.78. The highest BCUT2D eigenvalue weighted by Crippen LogP contribution is 2.18. The first-order valence-corrected chi connectivity index (χ1v) is 7.27. The third kappa shape index (κ3) is 5.76. The van der Waals surface area contributed by atoms with Gasteiger partial charge in [0.05, 0.1) is 19.1 Å². The molecule has 0 aromatic carbocycles. The van der Waals surface area contributed by atoms with Crippen LogP contribution < -0.4 is 4.90 Å². The van der Waals surface area contributed by atoms with Gasteiger partial charge in [-0.2, -0.15) is 0 Å². The molecular formula is C14H23ClN2O2. The van der Waals surface area contributed by atoms with Gasteiger partial charge in [-0.05, 0) is 19.9 Å². The molecule has 0 unspecified atom stereocenters. The fourth-order valence-corrected chi connectivity index (χ4v) is 1.99. The largest absolute Gasteiger partial charge is 0.380 e. The van der Waals surface area contributed by atoms with Crippen molar-refractivity contribution in [1.82, 2.24) is 4.98 Å². The van der Waals surface area contributed by atoms with Gasteiger partial charge in [-0.3, -0.25) is 0 Å². The summed E-state index contributed by atoms with van der Waals surface area (Å²) in [5, 5.41) is 0. The lowest BCUT2D eigenvalue weighted by molar-refractivity contribution is 0.141. The number of anilines is 1. The van der Waals surface area contributed by atoms with Gasteiger partial charge in [0, 0.05) is 38.1 Å². The molecule has 0 spiro atoms. The number of pyridine rings is 1. The SMILES string of the molecule is CCOCCN(CCOCC)c1ncccc1CCl. The van der Waals surface area contributed by atoms with Crippen molar-refractivity contribution < 1.29 is 9.47 Å². The summed E-state index contributed by atoms with van der Waals surface area (Å²) in [5.41, 5.74) is 1.04. The number of hydrogen-bond donors (Lipinski definition) is 0. The molecule has 0 radical (unpaired) electrons. The van der Waals surface area contributed by atoms with E-state index in [9.17, 15) is 0 Å². The number of halogens is 1. The predicted molar refractivity (Wildman–Crippen MR) is 79.0 cm³/mol. The second-order valence-electron chi connectivity index (χ2n) is 4.00. The molecule has 0 N–H and O–H groups in total. The minimum absolute atomic E-state index is 0.461. The zero-order valence-corrected chi connectivity index (χ0v) is 12.5. The van der Waals surface area contributed by atoms with E-state index < -0.39 is 0 Å². The number of alkyl halides is 1. The monoisotopic (exact) mass is 286 g/mol. The lowest BCUT2D eigenvalue weighted by Gasteiger charge is -2.25. The van der Waals surface area contributed by atoms with E-state index in [0.29, 0.717) is 19.1 Å². The molecule has 4 nitrogen and oxygen atoms in total. The first-order valence-electron chi connectivity index (χ1n) is 6.73. The summed E-state index contributed by atoms with van der Waals surface area (Å²) >= 11 is 5.97. The molecule has 108 valence electrons. The summed E-state index contributed by atoms with van der Waals surface area (Å²) in [7, 11) is 0. The van der Waals surface area contributed by atoms with E-state index in [1.807, 2.05) is 26.0 Å². The van der Waals surface area contributed by atoms with E-state index in [1.54, 1.807) is 6.20 Å². The van der Waals surface area contributed by atoms with Gasteiger partial charge in [-0.25, -0.2) is 4.98 Å². The quantitative estimate of drug-likeness (QED) is 0.489. The molecule has 0 aliphatic carbocycles. The molecule has 0 saturated heterocycles. The average Bonchev–Trinajstić information content (AvgIpc) is 2.46. The number of aromatic nitrogens is 1. The van der Waals surface area contributed by atoms with Gasteiger partial charge >= 0.3 is 0 Å². The van der Waals surface area contributed by atoms with Gasteiger partial charge in [0.1, 0.15) is 5.82 Å². The van der Waals surface area contributed by atoms with E-state index in [2.05, 4.69) is 9.88 Å². The van der Waals surface area contributed by atoms with Crippen molar-refractivity contribution >= 4 is 17.4 Å². The Hall–Kier alpha value is -0.840. The first kappa shape index (κ1) is 16.2. The second kappa shape index (κ2) is 10.0. The summed E-state index contributed by atoms with van der Waals surface area (Å²) < 4.78 is 10.8. The van der Waals surface area contributed by atoms with Crippen molar-refractivity contribution in [2.45, 2.75) is 19.7 Å². The standard InChI is InChI=1S/C14H23ClN2O2/c1-3-18-10-8-17(9-11-19-4-2)14-13(12-15)6-5-7-16-14/h5-7H,3-4,8-12H2,1-2H3. The van der Waals surface area contributed by atoms with Gasteiger partial charge in [0.15, 0.2) is 0 Å². The van der Waals surface area contributed by atoms with Crippen LogP contribution in [0.2, 0.25) is 0 Å². The van der Waals surface area contributed by atoms with Gasteiger partial charge in [-0.15, -0.1) is 11.6 Å². The number of hydrogen-bond acceptors (Lipinski definition) is 4. The van der Waals surface area contributed by atoms with Crippen LogP contribution in [0.3, 0.4) is 0 Å². The summed E-state index contributed by atoms with van der Waals surface area (Å²) in [5.74, 6) is 1.39. The highest BCUT2D eigenvalue weighted by Gasteiger charge is 2.11. The Morgan fingerprint density at radius 3 is 2.32 bits per heavy atom. The van der Waals surface area contributed by atoms with Crippen LogP contribution in [0.5, 0.6) is 0 Å². The molecule has 0 bridgehead atoms. The minimum atomic E-state index is 0.461. The Balaban J connectivity index is 2.69. The molecular weight excluding hydrogens is 264 g/mol. The smallest absolute Gasteiger partial charge is 0.133 e. The summed E-state index contributed by atoms with van der Waals surface area (Å²) in [4.78, 5) is 6.61. The number of rotatable bonds is 10. The van der Waals surface area contributed by atoms with E-state index >= 15 is 0 Å². The maximum absolute atomic E-state index is 5.97. The Morgan fingerprint density at radius 2 is 1.79 bits per heavy atom. The predicted octanol–water partition coefficient (Wildman–Crippen LogP) is 2.70. The van der Waals surface area contributed by atoms with E-state index in [-0.39, 0.29) is 0 Å². The van der Waals surface area contributed by atoms with Crippen LogP contribution in [-0.4, -0.2) is 44.5 Å². The lowest BCUT2D eigenvalue weighted by atomic mass is 10.2. The second-order valence-corrected chi connectivity index (χ2v) is 4.27.